The highest BCUT2D eigenvalue weighted by molar-refractivity contribution is 7.98. The molecule has 90 valence electrons. The van der Waals surface area contributed by atoms with Gasteiger partial charge in [-0.3, -0.25) is 4.68 Å². The van der Waals surface area contributed by atoms with E-state index in [1.165, 1.54) is 0 Å². The zero-order chi connectivity index (χ0) is 12.3. The van der Waals surface area contributed by atoms with Gasteiger partial charge >= 0.3 is 0 Å². The molecule has 6 heteroatoms. The second-order valence-corrected chi connectivity index (χ2v) is 5.15. The molecular formula is C10H18N4S2. The van der Waals surface area contributed by atoms with Crippen molar-refractivity contribution in [3.05, 3.63) is 11.3 Å². The van der Waals surface area contributed by atoms with E-state index in [-0.39, 0.29) is 0 Å². The lowest BCUT2D eigenvalue weighted by atomic mass is 10.2. The Morgan fingerprint density at radius 1 is 1.69 bits per heavy atom. The molecule has 0 radical (unpaired) electrons. The molecule has 16 heavy (non-hydrogen) atoms. The minimum Gasteiger partial charge on any atom is -0.389 e. The first-order valence-electron chi connectivity index (χ1n) is 5.06. The van der Waals surface area contributed by atoms with E-state index in [0.717, 1.165) is 22.8 Å². The van der Waals surface area contributed by atoms with Crippen LogP contribution in [0.2, 0.25) is 0 Å². The van der Waals surface area contributed by atoms with E-state index in [0.29, 0.717) is 11.0 Å². The van der Waals surface area contributed by atoms with Crippen LogP contribution in [0, 0.1) is 6.92 Å². The minimum absolute atomic E-state index is 0.359. The zero-order valence-corrected chi connectivity index (χ0v) is 11.7. The van der Waals surface area contributed by atoms with Crippen LogP contribution < -0.4 is 11.1 Å². The lowest BCUT2D eigenvalue weighted by Crippen LogP contribution is -2.22. The van der Waals surface area contributed by atoms with Gasteiger partial charge in [0.1, 0.15) is 10.8 Å². The van der Waals surface area contributed by atoms with E-state index >= 15 is 0 Å². The fourth-order valence-electron chi connectivity index (χ4n) is 1.64. The van der Waals surface area contributed by atoms with E-state index in [4.69, 9.17) is 18.0 Å². The fourth-order valence-corrected chi connectivity index (χ4v) is 2.47. The Balaban J connectivity index is 2.98. The number of rotatable bonds is 5. The van der Waals surface area contributed by atoms with Gasteiger partial charge in [-0.1, -0.05) is 12.2 Å². The van der Waals surface area contributed by atoms with Crippen LogP contribution in [0.25, 0.3) is 0 Å². The van der Waals surface area contributed by atoms with Crippen LogP contribution in [0.5, 0.6) is 0 Å². The van der Waals surface area contributed by atoms with Crippen LogP contribution in [0.15, 0.2) is 0 Å². The molecule has 1 unspecified atom stereocenters. The lowest BCUT2D eigenvalue weighted by molar-refractivity contribution is 0.746. The van der Waals surface area contributed by atoms with E-state index in [2.05, 4.69) is 23.6 Å². The largest absolute Gasteiger partial charge is 0.389 e. The van der Waals surface area contributed by atoms with Gasteiger partial charge in [-0.2, -0.15) is 16.9 Å². The molecular weight excluding hydrogens is 240 g/mol. The van der Waals surface area contributed by atoms with Gasteiger partial charge in [0, 0.05) is 18.8 Å². The summed E-state index contributed by atoms with van der Waals surface area (Å²) < 4.78 is 1.79. The van der Waals surface area contributed by atoms with Crippen molar-refractivity contribution >= 4 is 34.8 Å². The molecule has 0 aliphatic heterocycles. The molecule has 0 amide bonds. The van der Waals surface area contributed by atoms with Crippen LogP contribution in [0.1, 0.15) is 18.2 Å². The normalized spacial score (nSPS) is 12.5. The molecule has 0 saturated carbocycles. The summed E-state index contributed by atoms with van der Waals surface area (Å²) in [4.78, 5) is 0.393. The number of aryl methyl sites for hydroxylation is 2. The number of hydrogen-bond donors (Lipinski definition) is 2. The highest BCUT2D eigenvalue weighted by Crippen LogP contribution is 2.19. The number of nitrogens with zero attached hydrogens (tertiary/aromatic N) is 2. The van der Waals surface area contributed by atoms with Gasteiger partial charge in [0.2, 0.25) is 0 Å². The average molecular weight is 258 g/mol. The summed E-state index contributed by atoms with van der Waals surface area (Å²) in [5.41, 5.74) is 7.43. The van der Waals surface area contributed by atoms with Gasteiger partial charge in [0.15, 0.2) is 0 Å². The van der Waals surface area contributed by atoms with Crippen LogP contribution >= 0.6 is 24.0 Å². The van der Waals surface area contributed by atoms with Gasteiger partial charge in [-0.05, 0) is 20.1 Å². The SMILES string of the molecule is CSCC(C)Nc1c(C(N)=S)c(C)nn1C. The van der Waals surface area contributed by atoms with Gasteiger partial charge < -0.3 is 11.1 Å². The first kappa shape index (κ1) is 13.3. The van der Waals surface area contributed by atoms with Crippen molar-refractivity contribution in [2.75, 3.05) is 17.3 Å². The van der Waals surface area contributed by atoms with Crippen molar-refractivity contribution in [2.24, 2.45) is 12.8 Å². The first-order valence-corrected chi connectivity index (χ1v) is 6.86. The smallest absolute Gasteiger partial charge is 0.134 e. The van der Waals surface area contributed by atoms with Crippen LogP contribution in [-0.2, 0) is 7.05 Å². The highest BCUT2D eigenvalue weighted by atomic mass is 32.2. The Bertz CT molecular complexity index is 386. The Hall–Kier alpha value is -0.750. The third kappa shape index (κ3) is 2.89. The third-order valence-electron chi connectivity index (χ3n) is 2.27. The van der Waals surface area contributed by atoms with E-state index in [1.807, 2.05) is 14.0 Å². The summed E-state index contributed by atoms with van der Waals surface area (Å²) in [7, 11) is 1.89. The molecule has 0 fully saturated rings. The zero-order valence-electron chi connectivity index (χ0n) is 10.1. The Morgan fingerprint density at radius 3 is 2.81 bits per heavy atom. The third-order valence-corrected chi connectivity index (χ3v) is 3.31. The molecule has 0 aromatic carbocycles. The summed E-state index contributed by atoms with van der Waals surface area (Å²) in [6, 6.07) is 0.359. The summed E-state index contributed by atoms with van der Waals surface area (Å²) in [5, 5.41) is 7.72. The lowest BCUT2D eigenvalue weighted by Gasteiger charge is -2.15. The molecule has 4 nitrogen and oxygen atoms in total. The maximum atomic E-state index is 5.71. The summed E-state index contributed by atoms with van der Waals surface area (Å²) in [6.07, 6.45) is 2.08. The van der Waals surface area contributed by atoms with Crippen molar-refractivity contribution in [3.63, 3.8) is 0 Å². The van der Waals surface area contributed by atoms with Gasteiger partial charge in [0.05, 0.1) is 11.3 Å². The maximum absolute atomic E-state index is 5.71. The second kappa shape index (κ2) is 5.54. The van der Waals surface area contributed by atoms with Crippen molar-refractivity contribution in [1.82, 2.24) is 9.78 Å². The molecule has 0 aliphatic rings. The van der Waals surface area contributed by atoms with Gasteiger partial charge in [0.25, 0.3) is 0 Å². The topological polar surface area (TPSA) is 55.9 Å². The molecule has 0 aliphatic carbocycles. The maximum Gasteiger partial charge on any atom is 0.134 e. The summed E-state index contributed by atoms with van der Waals surface area (Å²) in [6.45, 7) is 4.04. The molecule has 0 spiro atoms. The number of nitrogens with two attached hydrogens (primary N) is 1. The molecule has 1 atom stereocenters. The van der Waals surface area contributed by atoms with Crippen molar-refractivity contribution in [3.8, 4) is 0 Å². The minimum atomic E-state index is 0.359. The molecule has 0 saturated heterocycles. The molecule has 1 aromatic heterocycles. The van der Waals surface area contributed by atoms with Crippen LogP contribution in [-0.4, -0.2) is 32.8 Å². The molecule has 1 heterocycles. The first-order chi connectivity index (χ1) is 7.47. The number of thiocarbonyl (C=S) groups is 1. The molecule has 1 rings (SSSR count). The van der Waals surface area contributed by atoms with Gasteiger partial charge in [-0.25, -0.2) is 0 Å². The Kier molecular flexibility index (Phi) is 4.61. The second-order valence-electron chi connectivity index (χ2n) is 3.80. The number of anilines is 1. The summed E-state index contributed by atoms with van der Waals surface area (Å²) in [5.74, 6) is 1.94. The number of aromatic nitrogens is 2. The fraction of sp³-hybridized carbons (Fsp3) is 0.600. The average Bonchev–Trinajstić information content (AvgIpc) is 2.41. The highest BCUT2D eigenvalue weighted by Gasteiger charge is 2.16. The predicted octanol–water partition coefficient (Wildman–Crippen LogP) is 1.53. The van der Waals surface area contributed by atoms with E-state index < -0.39 is 0 Å². The van der Waals surface area contributed by atoms with Crippen LogP contribution in [0.3, 0.4) is 0 Å². The molecule has 1 aromatic rings. The Morgan fingerprint density at radius 2 is 2.31 bits per heavy atom. The Labute approximate surface area is 106 Å². The van der Waals surface area contributed by atoms with Gasteiger partial charge in [-0.15, -0.1) is 0 Å². The van der Waals surface area contributed by atoms with E-state index in [1.54, 1.807) is 16.4 Å². The molecule has 3 N–H and O–H groups in total. The van der Waals surface area contributed by atoms with Crippen molar-refractivity contribution in [2.45, 2.75) is 19.9 Å². The van der Waals surface area contributed by atoms with Crippen LogP contribution in [0.4, 0.5) is 5.82 Å². The standard InChI is InChI=1S/C10H18N4S2/c1-6(5-16-4)12-10-8(9(11)15)7(2)13-14(10)3/h6,12H,5H2,1-4H3,(H2,11,15). The predicted molar refractivity (Wildman–Crippen MR) is 75.3 cm³/mol. The quantitative estimate of drug-likeness (QED) is 0.784. The molecule has 0 bridgehead atoms. The van der Waals surface area contributed by atoms with E-state index in [9.17, 15) is 0 Å². The number of hydrogen-bond acceptors (Lipinski definition) is 4. The summed E-state index contributed by atoms with van der Waals surface area (Å²) >= 11 is 6.85. The van der Waals surface area contributed by atoms with Crippen molar-refractivity contribution in [1.29, 1.82) is 0 Å². The van der Waals surface area contributed by atoms with Crippen molar-refractivity contribution < 1.29 is 0 Å². The monoisotopic (exact) mass is 258 g/mol. The number of thioether (sulfide) groups is 1. The number of nitrogens with one attached hydrogen (secondary N) is 1.